The van der Waals surface area contributed by atoms with Crippen molar-refractivity contribution in [1.29, 1.82) is 0 Å². The fourth-order valence-electron chi connectivity index (χ4n) is 4.11. The van der Waals surface area contributed by atoms with E-state index in [4.69, 9.17) is 4.74 Å². The molecule has 1 aliphatic heterocycles. The number of Topliss-reactive ketones (excluding diaryl/α,β-unsaturated/α-hetero) is 1. The lowest BCUT2D eigenvalue weighted by Crippen LogP contribution is -2.30. The summed E-state index contributed by atoms with van der Waals surface area (Å²) >= 11 is 3.46. The van der Waals surface area contributed by atoms with Gasteiger partial charge in [0.25, 0.3) is 11.7 Å². The van der Waals surface area contributed by atoms with Gasteiger partial charge in [0.15, 0.2) is 0 Å². The van der Waals surface area contributed by atoms with Crippen LogP contribution in [0.25, 0.3) is 5.76 Å². The number of aryl methyl sites for hydroxylation is 3. The summed E-state index contributed by atoms with van der Waals surface area (Å²) in [5.74, 6) is -0.918. The van der Waals surface area contributed by atoms with E-state index >= 15 is 0 Å². The van der Waals surface area contributed by atoms with Gasteiger partial charge >= 0.3 is 0 Å². The number of hydrogen-bond acceptors (Lipinski definition) is 4. The molecule has 1 fully saturated rings. The van der Waals surface area contributed by atoms with E-state index in [1.807, 2.05) is 57.2 Å². The third-order valence-electron chi connectivity index (χ3n) is 5.93. The lowest BCUT2D eigenvalue weighted by atomic mass is 9.94. The van der Waals surface area contributed by atoms with Crippen molar-refractivity contribution in [2.75, 3.05) is 12.0 Å². The van der Waals surface area contributed by atoms with E-state index in [1.165, 1.54) is 4.90 Å². The van der Waals surface area contributed by atoms with Gasteiger partial charge in [-0.25, -0.2) is 0 Å². The average molecular weight is 506 g/mol. The lowest BCUT2D eigenvalue weighted by molar-refractivity contribution is -0.132. The Morgan fingerprint density at radius 1 is 0.939 bits per heavy atom. The number of carbonyl (C=O) groups is 2. The number of aliphatic hydroxyl groups excluding tert-OH is 1. The molecule has 1 heterocycles. The van der Waals surface area contributed by atoms with Gasteiger partial charge in [0.05, 0.1) is 18.7 Å². The van der Waals surface area contributed by atoms with E-state index in [2.05, 4.69) is 15.9 Å². The second-order valence-corrected chi connectivity index (χ2v) is 9.05. The highest BCUT2D eigenvalue weighted by atomic mass is 79.9. The van der Waals surface area contributed by atoms with E-state index in [-0.39, 0.29) is 11.3 Å². The number of ether oxygens (including phenoxy) is 1. The maximum absolute atomic E-state index is 13.3. The molecule has 4 rings (SSSR count). The SMILES string of the molecule is COc1ccc(C2/C(=C(/O)c3ccc(Br)c(C)c3)C(=O)C(=O)N2c2cc(C)ccc2C)cc1. The van der Waals surface area contributed by atoms with Gasteiger partial charge in [0.2, 0.25) is 0 Å². The highest BCUT2D eigenvalue weighted by Gasteiger charge is 2.47. The number of aliphatic hydroxyl groups is 1. The Balaban J connectivity index is 1.97. The Morgan fingerprint density at radius 3 is 2.27 bits per heavy atom. The van der Waals surface area contributed by atoms with Crippen LogP contribution in [0.3, 0.4) is 0 Å². The summed E-state index contributed by atoms with van der Waals surface area (Å²) in [5, 5.41) is 11.3. The Kier molecular flexibility index (Phi) is 6.13. The number of anilines is 1. The summed E-state index contributed by atoms with van der Waals surface area (Å²) in [6, 6.07) is 17.5. The van der Waals surface area contributed by atoms with Crippen LogP contribution in [-0.2, 0) is 9.59 Å². The molecular formula is C27H24BrNO4. The first kappa shape index (κ1) is 22.8. The van der Waals surface area contributed by atoms with Crippen LogP contribution in [0.5, 0.6) is 5.75 Å². The lowest BCUT2D eigenvalue weighted by Gasteiger charge is -2.27. The Morgan fingerprint density at radius 2 is 1.64 bits per heavy atom. The molecule has 1 amide bonds. The number of ketones is 1. The highest BCUT2D eigenvalue weighted by Crippen LogP contribution is 2.43. The first-order chi connectivity index (χ1) is 15.7. The summed E-state index contributed by atoms with van der Waals surface area (Å²) in [7, 11) is 1.58. The molecule has 168 valence electrons. The summed E-state index contributed by atoms with van der Waals surface area (Å²) in [6.07, 6.45) is 0. The van der Waals surface area contributed by atoms with Crippen molar-refractivity contribution in [3.63, 3.8) is 0 Å². The minimum atomic E-state index is -0.777. The van der Waals surface area contributed by atoms with Gasteiger partial charge in [0, 0.05) is 15.7 Å². The molecule has 5 nitrogen and oxygen atoms in total. The summed E-state index contributed by atoms with van der Waals surface area (Å²) in [4.78, 5) is 28.1. The molecule has 0 saturated carbocycles. The van der Waals surface area contributed by atoms with E-state index in [0.717, 1.165) is 21.2 Å². The molecule has 3 aromatic carbocycles. The maximum Gasteiger partial charge on any atom is 0.300 e. The van der Waals surface area contributed by atoms with E-state index in [0.29, 0.717) is 22.6 Å². The van der Waals surface area contributed by atoms with Gasteiger partial charge < -0.3 is 9.84 Å². The van der Waals surface area contributed by atoms with Crippen molar-refractivity contribution in [1.82, 2.24) is 0 Å². The van der Waals surface area contributed by atoms with Gasteiger partial charge in [-0.1, -0.05) is 46.3 Å². The van der Waals surface area contributed by atoms with Gasteiger partial charge in [-0.15, -0.1) is 0 Å². The predicted octanol–water partition coefficient (Wildman–Crippen LogP) is 6.01. The molecule has 0 bridgehead atoms. The number of amides is 1. The Hall–Kier alpha value is -3.38. The number of nitrogens with zero attached hydrogens (tertiary/aromatic N) is 1. The van der Waals surface area contributed by atoms with Crippen LogP contribution >= 0.6 is 15.9 Å². The molecule has 1 aliphatic rings. The smallest absolute Gasteiger partial charge is 0.300 e. The number of methoxy groups -OCH3 is 1. The number of benzene rings is 3. The minimum absolute atomic E-state index is 0.0628. The van der Waals surface area contributed by atoms with E-state index in [9.17, 15) is 14.7 Å². The van der Waals surface area contributed by atoms with Crippen molar-refractivity contribution in [3.8, 4) is 5.75 Å². The fraction of sp³-hybridized carbons (Fsp3) is 0.185. The molecule has 0 radical (unpaired) electrons. The van der Waals surface area contributed by atoms with Crippen LogP contribution in [0.1, 0.15) is 33.9 Å². The van der Waals surface area contributed by atoms with Crippen molar-refractivity contribution in [3.05, 3.63) is 98.5 Å². The molecule has 0 aliphatic carbocycles. The zero-order valence-electron chi connectivity index (χ0n) is 18.8. The standard InChI is InChI=1S/C27H24BrNO4/c1-15-5-6-16(2)22(13-15)29-24(18-7-10-20(33-4)11-8-18)23(26(31)27(29)32)25(30)19-9-12-21(28)17(3)14-19/h5-14,24,30H,1-4H3/b25-23-. The normalized spacial score (nSPS) is 17.5. The largest absolute Gasteiger partial charge is 0.507 e. The van der Waals surface area contributed by atoms with Gasteiger partial charge in [-0.2, -0.15) is 0 Å². The number of rotatable bonds is 4. The third kappa shape index (κ3) is 4.07. The molecule has 1 atom stereocenters. The van der Waals surface area contributed by atoms with Gasteiger partial charge in [0.1, 0.15) is 11.5 Å². The molecule has 0 spiro atoms. The van der Waals surface area contributed by atoms with Crippen LogP contribution in [0, 0.1) is 20.8 Å². The van der Waals surface area contributed by atoms with Crippen LogP contribution in [0.4, 0.5) is 5.69 Å². The molecular weight excluding hydrogens is 482 g/mol. The Bertz CT molecular complexity index is 1290. The number of halogens is 1. The summed E-state index contributed by atoms with van der Waals surface area (Å²) in [5.41, 5.74) is 4.62. The average Bonchev–Trinajstić information content (AvgIpc) is 3.07. The predicted molar refractivity (Wildman–Crippen MR) is 133 cm³/mol. The topological polar surface area (TPSA) is 66.8 Å². The van der Waals surface area contributed by atoms with Gasteiger partial charge in [-0.3, -0.25) is 14.5 Å². The molecule has 1 unspecified atom stereocenters. The molecule has 3 aromatic rings. The Labute approximate surface area is 201 Å². The van der Waals surface area contributed by atoms with Crippen LogP contribution < -0.4 is 9.64 Å². The number of hydrogen-bond donors (Lipinski definition) is 1. The molecule has 33 heavy (non-hydrogen) atoms. The number of carbonyl (C=O) groups excluding carboxylic acids is 2. The second kappa shape index (κ2) is 8.87. The summed E-state index contributed by atoms with van der Waals surface area (Å²) < 4.78 is 6.17. The van der Waals surface area contributed by atoms with Crippen molar-refractivity contribution in [2.45, 2.75) is 26.8 Å². The first-order valence-corrected chi connectivity index (χ1v) is 11.3. The van der Waals surface area contributed by atoms with Crippen LogP contribution in [0.15, 0.2) is 70.7 Å². The monoisotopic (exact) mass is 505 g/mol. The van der Waals surface area contributed by atoms with Crippen LogP contribution in [0.2, 0.25) is 0 Å². The van der Waals surface area contributed by atoms with Crippen LogP contribution in [-0.4, -0.2) is 23.9 Å². The highest BCUT2D eigenvalue weighted by molar-refractivity contribution is 9.10. The zero-order valence-corrected chi connectivity index (χ0v) is 20.4. The second-order valence-electron chi connectivity index (χ2n) is 8.20. The molecule has 6 heteroatoms. The maximum atomic E-state index is 13.3. The quantitative estimate of drug-likeness (QED) is 0.268. The van der Waals surface area contributed by atoms with Crippen molar-refractivity contribution >= 4 is 39.1 Å². The molecule has 1 saturated heterocycles. The summed E-state index contributed by atoms with van der Waals surface area (Å²) in [6.45, 7) is 5.74. The molecule has 1 N–H and O–H groups in total. The fourth-order valence-corrected chi connectivity index (χ4v) is 4.36. The van der Waals surface area contributed by atoms with E-state index < -0.39 is 17.7 Å². The molecule has 0 aromatic heterocycles. The van der Waals surface area contributed by atoms with Crippen molar-refractivity contribution < 1.29 is 19.4 Å². The van der Waals surface area contributed by atoms with Crippen molar-refractivity contribution in [2.24, 2.45) is 0 Å². The minimum Gasteiger partial charge on any atom is -0.507 e. The van der Waals surface area contributed by atoms with E-state index in [1.54, 1.807) is 31.4 Å². The first-order valence-electron chi connectivity index (χ1n) is 10.5. The zero-order chi connectivity index (χ0) is 23.9. The third-order valence-corrected chi connectivity index (χ3v) is 6.82. The van der Waals surface area contributed by atoms with Gasteiger partial charge in [-0.05, 0) is 73.4 Å².